The molecule has 0 spiro atoms. The first-order valence-corrected chi connectivity index (χ1v) is 5.25. The van der Waals surface area contributed by atoms with Crippen LogP contribution in [0.25, 0.3) is 6.08 Å². The summed E-state index contributed by atoms with van der Waals surface area (Å²) in [6.45, 7) is 4.26. The molecule has 1 aromatic rings. The van der Waals surface area contributed by atoms with E-state index in [1.54, 1.807) is 0 Å². The molecule has 2 nitrogen and oxygen atoms in total. The summed E-state index contributed by atoms with van der Waals surface area (Å²) in [5, 5.41) is 3.93. The van der Waals surface area contributed by atoms with E-state index in [9.17, 15) is 0 Å². The molecule has 0 N–H and O–H groups in total. The maximum atomic E-state index is 5.21. The van der Waals surface area contributed by atoms with E-state index >= 15 is 0 Å². The Kier molecular flexibility index (Phi) is 3.18. The van der Waals surface area contributed by atoms with Gasteiger partial charge in [-0.15, -0.1) is 0 Å². The lowest BCUT2D eigenvalue weighted by atomic mass is 10.1. The van der Waals surface area contributed by atoms with E-state index in [2.05, 4.69) is 17.8 Å². The van der Waals surface area contributed by atoms with Crippen molar-refractivity contribution in [2.24, 2.45) is 11.1 Å². The molecule has 78 valence electrons. The van der Waals surface area contributed by atoms with Gasteiger partial charge in [0.2, 0.25) is 0 Å². The Hall–Kier alpha value is -1.57. The van der Waals surface area contributed by atoms with E-state index < -0.39 is 0 Å². The molecule has 1 fully saturated rings. The summed E-state index contributed by atoms with van der Waals surface area (Å²) >= 11 is 0. The second-order valence-corrected chi connectivity index (χ2v) is 3.81. The third-order valence-corrected chi connectivity index (χ3v) is 2.39. The van der Waals surface area contributed by atoms with E-state index in [-0.39, 0.29) is 0 Å². The molecule has 0 bridgehead atoms. The smallest absolute Gasteiger partial charge is 0.142 e. The van der Waals surface area contributed by atoms with Crippen LogP contribution >= 0.6 is 0 Å². The molecule has 2 heteroatoms. The Morgan fingerprint density at radius 3 is 3.07 bits per heavy atom. The summed E-state index contributed by atoms with van der Waals surface area (Å²) < 4.78 is 0. The lowest BCUT2D eigenvalue weighted by Gasteiger charge is -2.00. The van der Waals surface area contributed by atoms with Gasteiger partial charge in [0, 0.05) is 6.21 Å². The van der Waals surface area contributed by atoms with Crippen LogP contribution in [0.1, 0.15) is 24.0 Å². The first-order chi connectivity index (χ1) is 7.38. The van der Waals surface area contributed by atoms with Gasteiger partial charge in [-0.3, -0.25) is 0 Å². The van der Waals surface area contributed by atoms with Crippen molar-refractivity contribution in [2.45, 2.75) is 19.4 Å². The minimum Gasteiger partial charge on any atom is -0.391 e. The summed E-state index contributed by atoms with van der Waals surface area (Å²) in [5.41, 5.74) is 2.24. The topological polar surface area (TPSA) is 21.6 Å². The summed E-state index contributed by atoms with van der Waals surface area (Å²) in [5.74, 6) is 0.671. The summed E-state index contributed by atoms with van der Waals surface area (Å²) in [4.78, 5) is 5.21. The fourth-order valence-corrected chi connectivity index (χ4v) is 1.30. The van der Waals surface area contributed by atoms with E-state index in [0.717, 1.165) is 11.1 Å². The number of benzene rings is 1. The maximum absolute atomic E-state index is 5.21. The van der Waals surface area contributed by atoms with Crippen LogP contribution in [0.2, 0.25) is 0 Å². The van der Waals surface area contributed by atoms with Crippen molar-refractivity contribution in [3.63, 3.8) is 0 Å². The average molecular weight is 201 g/mol. The van der Waals surface area contributed by atoms with Gasteiger partial charge in [-0.2, -0.15) is 0 Å². The molecule has 0 unspecified atom stereocenters. The Bertz CT molecular complexity index is 367. The van der Waals surface area contributed by atoms with Gasteiger partial charge >= 0.3 is 0 Å². The zero-order chi connectivity index (χ0) is 10.5. The van der Waals surface area contributed by atoms with Gasteiger partial charge in [-0.05, 0) is 36.0 Å². The lowest BCUT2D eigenvalue weighted by molar-refractivity contribution is 0.131. The summed E-state index contributed by atoms with van der Waals surface area (Å²) in [6.07, 6.45) is 6.26. The fraction of sp³-hybridized carbons (Fsp3) is 0.308. The fourth-order valence-electron chi connectivity index (χ4n) is 1.30. The Morgan fingerprint density at radius 1 is 1.47 bits per heavy atom. The van der Waals surface area contributed by atoms with Gasteiger partial charge in [0.25, 0.3) is 0 Å². The molecule has 1 saturated carbocycles. The molecule has 0 aromatic heterocycles. The van der Waals surface area contributed by atoms with Crippen LogP contribution < -0.4 is 0 Å². The zero-order valence-electron chi connectivity index (χ0n) is 8.73. The molecule has 0 radical (unpaired) electrons. The third kappa shape index (κ3) is 3.24. The maximum Gasteiger partial charge on any atom is 0.142 e. The van der Waals surface area contributed by atoms with Crippen molar-refractivity contribution in [1.82, 2.24) is 0 Å². The Morgan fingerprint density at radius 2 is 2.33 bits per heavy atom. The van der Waals surface area contributed by atoms with Gasteiger partial charge in [0.15, 0.2) is 0 Å². The molecule has 1 aromatic carbocycles. The molecular formula is C13H15NO. The monoisotopic (exact) mass is 201 g/mol. The lowest BCUT2D eigenvalue weighted by Crippen LogP contribution is -1.88. The minimum absolute atomic E-state index is 0.533. The van der Waals surface area contributed by atoms with Gasteiger partial charge in [0.05, 0.1) is 0 Å². The van der Waals surface area contributed by atoms with Crippen molar-refractivity contribution in [2.75, 3.05) is 0 Å². The highest BCUT2D eigenvalue weighted by atomic mass is 16.6. The highest BCUT2D eigenvalue weighted by Gasteiger charge is 2.18. The van der Waals surface area contributed by atoms with Crippen LogP contribution in [-0.4, -0.2) is 6.21 Å². The van der Waals surface area contributed by atoms with Crippen molar-refractivity contribution in [3.8, 4) is 0 Å². The summed E-state index contributed by atoms with van der Waals surface area (Å²) in [7, 11) is 0. The predicted octanol–water partition coefficient (Wildman–Crippen LogP) is 3.24. The van der Waals surface area contributed by atoms with Gasteiger partial charge < -0.3 is 4.84 Å². The predicted molar refractivity (Wildman–Crippen MR) is 62.5 cm³/mol. The number of nitrogens with zero attached hydrogens (tertiary/aromatic N) is 1. The van der Waals surface area contributed by atoms with Crippen LogP contribution in [0.3, 0.4) is 0 Å². The van der Waals surface area contributed by atoms with Gasteiger partial charge in [0.1, 0.15) is 6.61 Å². The molecule has 0 heterocycles. The standard InChI is InChI=1S/C13H15NO/c1-2-11-4-3-5-13(8-11)10-15-14-9-12-6-7-12/h2-5,8-9,12H,1,6-7,10H2. The first-order valence-electron chi connectivity index (χ1n) is 5.25. The third-order valence-electron chi connectivity index (χ3n) is 2.39. The van der Waals surface area contributed by atoms with Crippen molar-refractivity contribution in [3.05, 3.63) is 42.0 Å². The average Bonchev–Trinajstić information content (AvgIpc) is 3.09. The Balaban J connectivity index is 1.83. The van der Waals surface area contributed by atoms with E-state index in [4.69, 9.17) is 4.84 Å². The highest BCUT2D eigenvalue weighted by Crippen LogP contribution is 2.26. The number of hydrogen-bond acceptors (Lipinski definition) is 2. The molecule has 0 aliphatic heterocycles. The molecule has 0 saturated heterocycles. The van der Waals surface area contributed by atoms with E-state index in [0.29, 0.717) is 12.5 Å². The number of rotatable bonds is 5. The van der Waals surface area contributed by atoms with Crippen LogP contribution in [0, 0.1) is 5.92 Å². The van der Waals surface area contributed by atoms with Crippen LogP contribution in [0.4, 0.5) is 0 Å². The van der Waals surface area contributed by atoms with Crippen LogP contribution in [0.5, 0.6) is 0 Å². The molecule has 0 amide bonds. The largest absolute Gasteiger partial charge is 0.391 e. The quantitative estimate of drug-likeness (QED) is 0.529. The van der Waals surface area contributed by atoms with Crippen molar-refractivity contribution in [1.29, 1.82) is 0 Å². The number of hydrogen-bond donors (Lipinski definition) is 0. The van der Waals surface area contributed by atoms with Crippen molar-refractivity contribution < 1.29 is 4.84 Å². The van der Waals surface area contributed by atoms with E-state index in [1.807, 2.05) is 30.5 Å². The van der Waals surface area contributed by atoms with Crippen LogP contribution in [-0.2, 0) is 11.4 Å². The number of oxime groups is 1. The molecule has 1 aliphatic rings. The van der Waals surface area contributed by atoms with Gasteiger partial charge in [-0.1, -0.05) is 36.0 Å². The van der Waals surface area contributed by atoms with E-state index in [1.165, 1.54) is 12.8 Å². The second kappa shape index (κ2) is 4.78. The van der Waals surface area contributed by atoms with Crippen LogP contribution in [0.15, 0.2) is 36.0 Å². The second-order valence-electron chi connectivity index (χ2n) is 3.81. The molecule has 2 rings (SSSR count). The summed E-state index contributed by atoms with van der Waals surface area (Å²) in [6, 6.07) is 8.10. The minimum atomic E-state index is 0.533. The Labute approximate surface area is 90.3 Å². The highest BCUT2D eigenvalue weighted by molar-refractivity contribution is 5.62. The molecule has 15 heavy (non-hydrogen) atoms. The van der Waals surface area contributed by atoms with Gasteiger partial charge in [-0.25, -0.2) is 0 Å². The normalized spacial score (nSPS) is 15.5. The SMILES string of the molecule is C=Cc1cccc(CON=CC2CC2)c1. The molecule has 0 atom stereocenters. The zero-order valence-corrected chi connectivity index (χ0v) is 8.73. The first kappa shape index (κ1) is 9.97. The molecular weight excluding hydrogens is 186 g/mol. The molecule has 1 aliphatic carbocycles. The van der Waals surface area contributed by atoms with Crippen molar-refractivity contribution >= 4 is 12.3 Å².